The van der Waals surface area contributed by atoms with E-state index in [0.717, 1.165) is 5.56 Å². The Morgan fingerprint density at radius 1 is 1.29 bits per heavy atom. The number of nitrogens with one attached hydrogen (secondary N) is 1. The molecule has 9 heteroatoms. The third-order valence-corrected chi connectivity index (χ3v) is 4.07. The van der Waals surface area contributed by atoms with Crippen molar-refractivity contribution in [2.24, 2.45) is 0 Å². The molecule has 0 aliphatic carbocycles. The molecule has 2 aromatic rings. The van der Waals surface area contributed by atoms with Crippen molar-refractivity contribution in [2.45, 2.75) is 26.5 Å². The first-order valence-electron chi connectivity index (χ1n) is 8.52. The minimum Gasteiger partial charge on any atom is -0.435 e. The number of hydrogen-bond donors (Lipinski definition) is 1. The lowest BCUT2D eigenvalue weighted by Crippen LogP contribution is -2.24. The zero-order valence-corrected chi connectivity index (χ0v) is 15.5. The van der Waals surface area contributed by atoms with Gasteiger partial charge in [0.15, 0.2) is 0 Å². The molecule has 28 heavy (non-hydrogen) atoms. The van der Waals surface area contributed by atoms with Gasteiger partial charge in [0.05, 0.1) is 16.2 Å². The predicted molar refractivity (Wildman–Crippen MR) is 100 cm³/mol. The van der Waals surface area contributed by atoms with Crippen molar-refractivity contribution in [1.82, 2.24) is 4.90 Å². The SMILES string of the molecule is Cc1c(NC(=O)CCN(C)Cc2cccc(OC(F)F)c2)cccc1[N+](=O)[O-]. The van der Waals surface area contributed by atoms with E-state index < -0.39 is 11.5 Å². The maximum Gasteiger partial charge on any atom is 0.387 e. The van der Waals surface area contributed by atoms with Crippen LogP contribution < -0.4 is 10.1 Å². The Kier molecular flexibility index (Phi) is 7.39. The number of nitro groups is 1. The molecule has 2 rings (SSSR count). The van der Waals surface area contributed by atoms with E-state index in [9.17, 15) is 23.7 Å². The van der Waals surface area contributed by atoms with Crippen molar-refractivity contribution >= 4 is 17.3 Å². The molecule has 0 fully saturated rings. The van der Waals surface area contributed by atoms with E-state index in [1.165, 1.54) is 24.3 Å². The number of amides is 1. The first-order valence-corrected chi connectivity index (χ1v) is 8.52. The molecule has 7 nitrogen and oxygen atoms in total. The summed E-state index contributed by atoms with van der Waals surface area (Å²) in [6.07, 6.45) is 0.172. The Hall–Kier alpha value is -3.07. The van der Waals surface area contributed by atoms with E-state index >= 15 is 0 Å². The van der Waals surface area contributed by atoms with Gasteiger partial charge in [-0.1, -0.05) is 18.2 Å². The number of nitro benzene ring substituents is 1. The Morgan fingerprint density at radius 2 is 2.00 bits per heavy atom. The molecule has 0 heterocycles. The van der Waals surface area contributed by atoms with Gasteiger partial charge >= 0.3 is 6.61 Å². The normalized spacial score (nSPS) is 10.9. The second kappa shape index (κ2) is 9.75. The summed E-state index contributed by atoms with van der Waals surface area (Å²) in [7, 11) is 1.80. The molecule has 0 aromatic heterocycles. The number of ether oxygens (including phenoxy) is 1. The smallest absolute Gasteiger partial charge is 0.387 e. The number of nitrogens with zero attached hydrogens (tertiary/aromatic N) is 2. The summed E-state index contributed by atoms with van der Waals surface area (Å²) in [6, 6.07) is 10.9. The van der Waals surface area contributed by atoms with Gasteiger partial charge in [-0.15, -0.1) is 0 Å². The number of alkyl halides is 2. The topological polar surface area (TPSA) is 84.7 Å². The molecule has 0 bridgehead atoms. The van der Waals surface area contributed by atoms with Crippen LogP contribution in [0.3, 0.4) is 0 Å². The highest BCUT2D eigenvalue weighted by Gasteiger charge is 2.15. The van der Waals surface area contributed by atoms with Gasteiger partial charge < -0.3 is 15.0 Å². The van der Waals surface area contributed by atoms with E-state index in [1.807, 2.05) is 4.90 Å². The van der Waals surface area contributed by atoms with Crippen LogP contribution in [0, 0.1) is 17.0 Å². The average molecular weight is 393 g/mol. The quantitative estimate of drug-likeness (QED) is 0.515. The number of carbonyl (C=O) groups is 1. The highest BCUT2D eigenvalue weighted by molar-refractivity contribution is 5.92. The van der Waals surface area contributed by atoms with E-state index in [2.05, 4.69) is 10.1 Å². The fourth-order valence-corrected chi connectivity index (χ4v) is 2.67. The van der Waals surface area contributed by atoms with Crippen LogP contribution in [-0.4, -0.2) is 35.9 Å². The lowest BCUT2D eigenvalue weighted by atomic mass is 10.1. The maximum atomic E-state index is 12.3. The third-order valence-electron chi connectivity index (χ3n) is 4.07. The van der Waals surface area contributed by atoms with Gasteiger partial charge in [-0.25, -0.2) is 0 Å². The molecule has 1 amide bonds. The summed E-state index contributed by atoms with van der Waals surface area (Å²) in [5, 5.41) is 13.6. The first-order chi connectivity index (χ1) is 13.3. The highest BCUT2D eigenvalue weighted by atomic mass is 19.3. The van der Waals surface area contributed by atoms with Gasteiger partial charge in [-0.2, -0.15) is 8.78 Å². The van der Waals surface area contributed by atoms with Crippen molar-refractivity contribution in [1.29, 1.82) is 0 Å². The largest absolute Gasteiger partial charge is 0.435 e. The van der Waals surface area contributed by atoms with Gasteiger partial charge in [0.25, 0.3) is 5.69 Å². The average Bonchev–Trinajstić information content (AvgIpc) is 2.61. The van der Waals surface area contributed by atoms with E-state index in [1.54, 1.807) is 32.2 Å². The van der Waals surface area contributed by atoms with Crippen molar-refractivity contribution in [3.8, 4) is 5.75 Å². The number of hydrogen-bond acceptors (Lipinski definition) is 5. The van der Waals surface area contributed by atoms with Crippen LogP contribution in [0.5, 0.6) is 5.75 Å². The minimum absolute atomic E-state index is 0.0548. The highest BCUT2D eigenvalue weighted by Crippen LogP contribution is 2.25. The Morgan fingerprint density at radius 3 is 2.68 bits per heavy atom. The second-order valence-electron chi connectivity index (χ2n) is 6.27. The molecule has 0 aliphatic heterocycles. The van der Waals surface area contributed by atoms with Crippen LogP contribution in [0.25, 0.3) is 0 Å². The van der Waals surface area contributed by atoms with Crippen molar-refractivity contribution in [3.63, 3.8) is 0 Å². The van der Waals surface area contributed by atoms with Crippen molar-refractivity contribution in [3.05, 3.63) is 63.7 Å². The van der Waals surface area contributed by atoms with Crippen LogP contribution >= 0.6 is 0 Å². The fraction of sp³-hybridized carbons (Fsp3) is 0.316. The van der Waals surface area contributed by atoms with Crippen molar-refractivity contribution < 1.29 is 23.2 Å². The second-order valence-corrected chi connectivity index (χ2v) is 6.27. The first kappa shape index (κ1) is 21.2. The molecular formula is C19H21F2N3O4. The summed E-state index contributed by atoms with van der Waals surface area (Å²) in [4.78, 5) is 24.5. The van der Waals surface area contributed by atoms with Gasteiger partial charge in [-0.05, 0) is 37.7 Å². The molecule has 150 valence electrons. The molecule has 0 unspecified atom stereocenters. The van der Waals surface area contributed by atoms with Crippen molar-refractivity contribution in [2.75, 3.05) is 18.9 Å². The fourth-order valence-electron chi connectivity index (χ4n) is 2.67. The van der Waals surface area contributed by atoms with Crippen LogP contribution in [-0.2, 0) is 11.3 Å². The van der Waals surface area contributed by atoms with Crippen LogP contribution in [0.4, 0.5) is 20.2 Å². The number of anilines is 1. The molecule has 0 spiro atoms. The monoisotopic (exact) mass is 393 g/mol. The standard InChI is InChI=1S/C19H21F2N3O4/c1-13-16(7-4-8-17(13)24(26)27)22-18(25)9-10-23(2)12-14-5-3-6-15(11-14)28-19(20)21/h3-8,11,19H,9-10,12H2,1-2H3,(H,22,25). The lowest BCUT2D eigenvalue weighted by molar-refractivity contribution is -0.385. The Labute approximate surface area is 161 Å². The molecule has 1 N–H and O–H groups in total. The van der Waals surface area contributed by atoms with E-state index in [4.69, 9.17) is 0 Å². The molecule has 2 aromatic carbocycles. The van der Waals surface area contributed by atoms with Gasteiger partial charge in [0, 0.05) is 25.6 Å². The Balaban J connectivity index is 1.88. The molecule has 0 aliphatic rings. The molecule has 0 saturated heterocycles. The van der Waals surface area contributed by atoms with E-state index in [-0.39, 0.29) is 23.8 Å². The minimum atomic E-state index is -2.88. The molecule has 0 radical (unpaired) electrons. The van der Waals surface area contributed by atoms with Crippen LogP contribution in [0.2, 0.25) is 0 Å². The summed E-state index contributed by atoms with van der Waals surface area (Å²) in [5.41, 5.74) is 1.51. The number of halogens is 2. The molecule has 0 saturated carbocycles. The summed E-state index contributed by atoms with van der Waals surface area (Å²) >= 11 is 0. The van der Waals surface area contributed by atoms with Crippen LogP contribution in [0.1, 0.15) is 17.5 Å². The third kappa shape index (κ3) is 6.27. The summed E-state index contributed by atoms with van der Waals surface area (Å²) < 4.78 is 28.9. The van der Waals surface area contributed by atoms with E-state index in [0.29, 0.717) is 24.3 Å². The predicted octanol–water partition coefficient (Wildman–Crippen LogP) is 3.97. The Bertz CT molecular complexity index is 846. The zero-order valence-electron chi connectivity index (χ0n) is 15.5. The summed E-state index contributed by atoms with van der Waals surface area (Å²) in [6.45, 7) is -0.439. The van der Waals surface area contributed by atoms with Gasteiger partial charge in [-0.3, -0.25) is 14.9 Å². The van der Waals surface area contributed by atoms with Gasteiger partial charge in [0.1, 0.15) is 5.75 Å². The summed E-state index contributed by atoms with van der Waals surface area (Å²) in [5.74, 6) is -0.190. The molecule has 0 atom stereocenters. The number of benzene rings is 2. The molecular weight excluding hydrogens is 372 g/mol. The number of rotatable bonds is 9. The zero-order chi connectivity index (χ0) is 20.7. The maximum absolute atomic E-state index is 12.3. The lowest BCUT2D eigenvalue weighted by Gasteiger charge is -2.17. The number of carbonyl (C=O) groups excluding carboxylic acids is 1. The van der Waals surface area contributed by atoms with Gasteiger partial charge in [0.2, 0.25) is 5.91 Å². The van der Waals surface area contributed by atoms with Crippen LogP contribution in [0.15, 0.2) is 42.5 Å².